The lowest BCUT2D eigenvalue weighted by Gasteiger charge is -2.18. The summed E-state index contributed by atoms with van der Waals surface area (Å²) in [6.45, 7) is 6.50. The molecule has 0 amide bonds. The molecule has 0 bridgehead atoms. The molecular weight excluding hydrogens is 877 g/mol. The molecule has 0 aliphatic heterocycles. The van der Waals surface area contributed by atoms with Crippen LogP contribution in [0.3, 0.4) is 0 Å². The Morgan fingerprint density at radius 2 is 0.549 bits per heavy atom. The fraction of sp³-hybridized carbons (Fsp3) is 0.800. The molecule has 0 fully saturated rings. The third-order valence-electron chi connectivity index (χ3n) is 13.5. The maximum atomic E-state index is 12.8. The van der Waals surface area contributed by atoms with Crippen LogP contribution in [0.15, 0.2) is 60.8 Å². The average Bonchev–Trinajstić information content (AvgIpc) is 3.37. The van der Waals surface area contributed by atoms with Gasteiger partial charge in [-0.15, -0.1) is 0 Å². The zero-order valence-electron chi connectivity index (χ0n) is 47.2. The second-order valence-corrected chi connectivity index (χ2v) is 20.6. The summed E-state index contributed by atoms with van der Waals surface area (Å²) >= 11 is 0. The molecule has 6 nitrogen and oxygen atoms in total. The Balaban J connectivity index is 4.23. The van der Waals surface area contributed by atoms with Crippen LogP contribution < -0.4 is 0 Å². The molecule has 0 radical (unpaired) electrons. The Hall–Kier alpha value is -2.89. The van der Waals surface area contributed by atoms with Crippen molar-refractivity contribution in [1.82, 2.24) is 0 Å². The third kappa shape index (κ3) is 57.9. The number of hydrogen-bond acceptors (Lipinski definition) is 6. The minimum absolute atomic E-state index is 0.0909. The van der Waals surface area contributed by atoms with Crippen molar-refractivity contribution in [2.24, 2.45) is 0 Å². The van der Waals surface area contributed by atoms with Gasteiger partial charge in [0.1, 0.15) is 13.2 Å². The number of allylic oxidation sites excluding steroid dienone is 10. The van der Waals surface area contributed by atoms with Crippen molar-refractivity contribution in [2.75, 3.05) is 13.2 Å². The van der Waals surface area contributed by atoms with Crippen LogP contribution in [0.2, 0.25) is 0 Å². The highest BCUT2D eigenvalue weighted by molar-refractivity contribution is 5.71. The SMILES string of the molecule is CC/C=C\C/C=C\C/C=C\C/C=C\CCCCC(=O)OC(COC(=O)CCCCCCC/C=C\CCCCC)COC(=O)CCCCCCCCCCCCCCCCCCCCCCCCCCCC. The minimum atomic E-state index is -0.798. The van der Waals surface area contributed by atoms with E-state index in [4.69, 9.17) is 14.2 Å². The van der Waals surface area contributed by atoms with Crippen LogP contribution in [-0.2, 0) is 28.6 Å². The Morgan fingerprint density at radius 3 is 0.930 bits per heavy atom. The lowest BCUT2D eigenvalue weighted by Crippen LogP contribution is -2.30. The molecule has 0 N–H and O–H groups in total. The standard InChI is InChI=1S/C65H116O6/c1-4-7-10-13-16-19-22-25-27-28-29-30-31-32-33-34-35-36-37-39-40-43-46-49-52-55-58-64(67)70-61-62(60-69-63(66)57-54-51-48-45-42-24-21-18-15-12-9-6-3)71-65(68)59-56-53-50-47-44-41-38-26-23-20-17-14-11-8-5-2/h8,11,17-18,20-21,26,38,44,47,62H,4-7,9-10,12-16,19,22-25,27-37,39-43,45-46,48-61H2,1-3H3/b11-8-,20-17-,21-18-,38-26-,47-44-. The van der Waals surface area contributed by atoms with Crippen molar-refractivity contribution in [2.45, 2.75) is 322 Å². The first kappa shape index (κ1) is 68.1. The van der Waals surface area contributed by atoms with Gasteiger partial charge in [-0.05, 0) is 83.5 Å². The number of carbonyl (C=O) groups excluding carboxylic acids is 3. The Morgan fingerprint density at radius 1 is 0.296 bits per heavy atom. The van der Waals surface area contributed by atoms with Crippen LogP contribution in [0.1, 0.15) is 316 Å². The van der Waals surface area contributed by atoms with Gasteiger partial charge in [0.05, 0.1) is 0 Å². The molecule has 1 atom stereocenters. The first-order valence-corrected chi connectivity index (χ1v) is 30.8. The molecule has 0 aliphatic carbocycles. The number of rotatable bonds is 56. The van der Waals surface area contributed by atoms with Crippen molar-refractivity contribution >= 4 is 17.9 Å². The van der Waals surface area contributed by atoms with Crippen LogP contribution in [0.25, 0.3) is 0 Å². The summed E-state index contributed by atoms with van der Waals surface area (Å²) in [6, 6.07) is 0. The molecule has 0 aromatic rings. The first-order chi connectivity index (χ1) is 35.0. The molecule has 412 valence electrons. The van der Waals surface area contributed by atoms with Gasteiger partial charge >= 0.3 is 17.9 Å². The predicted octanol–water partition coefficient (Wildman–Crippen LogP) is 20.8. The van der Waals surface area contributed by atoms with Gasteiger partial charge in [0.25, 0.3) is 0 Å². The quantitative estimate of drug-likeness (QED) is 0.0261. The maximum absolute atomic E-state index is 12.8. The van der Waals surface area contributed by atoms with Crippen LogP contribution in [0.5, 0.6) is 0 Å². The summed E-state index contributed by atoms with van der Waals surface area (Å²) in [7, 11) is 0. The predicted molar refractivity (Wildman–Crippen MR) is 307 cm³/mol. The van der Waals surface area contributed by atoms with Crippen molar-refractivity contribution in [3.8, 4) is 0 Å². The van der Waals surface area contributed by atoms with E-state index < -0.39 is 6.10 Å². The molecule has 71 heavy (non-hydrogen) atoms. The number of ether oxygens (including phenoxy) is 3. The molecule has 0 aromatic heterocycles. The lowest BCUT2D eigenvalue weighted by atomic mass is 10.0. The van der Waals surface area contributed by atoms with E-state index in [0.717, 1.165) is 83.5 Å². The molecule has 0 saturated heterocycles. The molecule has 1 unspecified atom stereocenters. The summed E-state index contributed by atoms with van der Waals surface area (Å²) in [5.74, 6) is -0.930. The number of hydrogen-bond donors (Lipinski definition) is 0. The summed E-state index contributed by atoms with van der Waals surface area (Å²) in [4.78, 5) is 38.1. The van der Waals surface area contributed by atoms with E-state index in [0.29, 0.717) is 19.3 Å². The Labute approximate surface area is 440 Å². The number of carbonyl (C=O) groups is 3. The highest BCUT2D eigenvalue weighted by Gasteiger charge is 2.19. The fourth-order valence-corrected chi connectivity index (χ4v) is 8.90. The fourth-order valence-electron chi connectivity index (χ4n) is 8.90. The van der Waals surface area contributed by atoms with E-state index in [1.165, 1.54) is 186 Å². The van der Waals surface area contributed by atoms with E-state index in [-0.39, 0.29) is 37.5 Å². The lowest BCUT2D eigenvalue weighted by molar-refractivity contribution is -0.167. The van der Waals surface area contributed by atoms with E-state index in [1.54, 1.807) is 0 Å². The van der Waals surface area contributed by atoms with Crippen LogP contribution >= 0.6 is 0 Å². The van der Waals surface area contributed by atoms with Crippen molar-refractivity contribution < 1.29 is 28.6 Å². The van der Waals surface area contributed by atoms with Crippen molar-refractivity contribution in [3.05, 3.63) is 60.8 Å². The zero-order chi connectivity index (χ0) is 51.4. The topological polar surface area (TPSA) is 78.9 Å². The summed E-state index contributed by atoms with van der Waals surface area (Å²) in [5, 5.41) is 0. The van der Waals surface area contributed by atoms with Gasteiger partial charge < -0.3 is 14.2 Å². The van der Waals surface area contributed by atoms with E-state index >= 15 is 0 Å². The Kier molecular flexibility index (Phi) is 57.2. The normalized spacial score (nSPS) is 12.4. The molecule has 0 heterocycles. The van der Waals surface area contributed by atoms with Gasteiger partial charge in [-0.3, -0.25) is 14.4 Å². The van der Waals surface area contributed by atoms with Crippen LogP contribution in [-0.4, -0.2) is 37.2 Å². The largest absolute Gasteiger partial charge is 0.462 e. The minimum Gasteiger partial charge on any atom is -0.462 e. The first-order valence-electron chi connectivity index (χ1n) is 30.8. The van der Waals surface area contributed by atoms with Gasteiger partial charge in [-0.25, -0.2) is 0 Å². The van der Waals surface area contributed by atoms with Gasteiger partial charge in [0, 0.05) is 19.3 Å². The summed E-state index contributed by atoms with van der Waals surface area (Å²) in [6.07, 6.45) is 75.3. The highest BCUT2D eigenvalue weighted by Crippen LogP contribution is 2.17. The van der Waals surface area contributed by atoms with Gasteiger partial charge in [-0.1, -0.05) is 274 Å². The van der Waals surface area contributed by atoms with Gasteiger partial charge in [0.2, 0.25) is 0 Å². The summed E-state index contributed by atoms with van der Waals surface area (Å²) < 4.78 is 16.8. The van der Waals surface area contributed by atoms with Gasteiger partial charge in [0.15, 0.2) is 6.10 Å². The van der Waals surface area contributed by atoms with Crippen molar-refractivity contribution in [3.63, 3.8) is 0 Å². The van der Waals surface area contributed by atoms with Crippen molar-refractivity contribution in [1.29, 1.82) is 0 Å². The molecular formula is C65H116O6. The number of esters is 3. The zero-order valence-corrected chi connectivity index (χ0v) is 47.2. The van der Waals surface area contributed by atoms with Crippen LogP contribution in [0, 0.1) is 0 Å². The summed E-state index contributed by atoms with van der Waals surface area (Å²) in [5.41, 5.74) is 0. The number of unbranched alkanes of at least 4 members (excludes halogenated alkanes) is 35. The average molecular weight is 994 g/mol. The molecule has 6 heteroatoms. The second-order valence-electron chi connectivity index (χ2n) is 20.6. The van der Waals surface area contributed by atoms with E-state index in [1.807, 2.05) is 0 Å². The second kappa shape index (κ2) is 59.7. The smallest absolute Gasteiger partial charge is 0.306 e. The van der Waals surface area contributed by atoms with E-state index in [2.05, 4.69) is 81.5 Å². The molecule has 0 aliphatic rings. The van der Waals surface area contributed by atoms with E-state index in [9.17, 15) is 14.4 Å². The highest BCUT2D eigenvalue weighted by atomic mass is 16.6. The molecule has 0 spiro atoms. The molecule has 0 aromatic carbocycles. The monoisotopic (exact) mass is 993 g/mol. The Bertz CT molecular complexity index is 1280. The van der Waals surface area contributed by atoms with Crippen LogP contribution in [0.4, 0.5) is 0 Å². The molecule has 0 saturated carbocycles. The third-order valence-corrected chi connectivity index (χ3v) is 13.5. The molecule has 0 rings (SSSR count). The van der Waals surface area contributed by atoms with Gasteiger partial charge in [-0.2, -0.15) is 0 Å². The maximum Gasteiger partial charge on any atom is 0.306 e.